The molecule has 0 aliphatic carbocycles. The number of phenolic OH excluding ortho intramolecular Hbond substituents is 1. The predicted molar refractivity (Wildman–Crippen MR) is 54.3 cm³/mol. The van der Waals surface area contributed by atoms with Gasteiger partial charge >= 0.3 is 5.97 Å². The lowest BCUT2D eigenvalue weighted by molar-refractivity contribution is -0.131. The molecule has 1 aromatic rings. The van der Waals surface area contributed by atoms with Crippen LogP contribution in [0.5, 0.6) is 5.75 Å². The van der Waals surface area contributed by atoms with Crippen LogP contribution in [-0.2, 0) is 4.79 Å². The first kappa shape index (κ1) is 10.3. The predicted octanol–water partition coefficient (Wildman–Crippen LogP) is 2.11. The summed E-state index contributed by atoms with van der Waals surface area (Å²) in [6.45, 7) is 3.55. The summed E-state index contributed by atoms with van der Waals surface area (Å²) >= 11 is 0. The number of phenols is 1. The third-order valence-corrected chi connectivity index (χ3v) is 2.08. The Hall–Kier alpha value is -1.77. The van der Waals surface area contributed by atoms with Crippen LogP contribution in [0.3, 0.4) is 0 Å². The van der Waals surface area contributed by atoms with Gasteiger partial charge in [-0.15, -0.1) is 0 Å². The molecular weight excluding hydrogens is 180 g/mol. The molecule has 74 valence electrons. The highest BCUT2D eigenvalue weighted by Gasteiger charge is 2.03. The van der Waals surface area contributed by atoms with E-state index in [0.717, 1.165) is 17.2 Å². The maximum absolute atomic E-state index is 10.3. The Balaban J connectivity index is 3.12. The van der Waals surface area contributed by atoms with Crippen molar-refractivity contribution in [2.75, 3.05) is 0 Å². The highest BCUT2D eigenvalue weighted by molar-refractivity contribution is 5.85. The Morgan fingerprint density at radius 3 is 2.57 bits per heavy atom. The Morgan fingerprint density at radius 2 is 2.00 bits per heavy atom. The summed E-state index contributed by atoms with van der Waals surface area (Å²) in [6.07, 6.45) is 2.52. The molecule has 0 aromatic heterocycles. The lowest BCUT2D eigenvalue weighted by Crippen LogP contribution is -1.88. The molecule has 0 atom stereocenters. The van der Waals surface area contributed by atoms with Gasteiger partial charge in [0.25, 0.3) is 0 Å². The standard InChI is InChI=1S/C11H12O3/c1-7-3-4-9(5-6-10(12)13)8(2)11(7)14/h3-6,14H,1-2H3,(H,12,13)/b6-5+. The van der Waals surface area contributed by atoms with Gasteiger partial charge in [-0.05, 0) is 36.6 Å². The van der Waals surface area contributed by atoms with Crippen LogP contribution < -0.4 is 0 Å². The molecule has 3 heteroatoms. The number of aryl methyl sites for hydroxylation is 1. The number of hydrogen-bond acceptors (Lipinski definition) is 2. The van der Waals surface area contributed by atoms with Crippen LogP contribution >= 0.6 is 0 Å². The second-order valence-electron chi connectivity index (χ2n) is 3.12. The van der Waals surface area contributed by atoms with Crippen molar-refractivity contribution in [1.82, 2.24) is 0 Å². The molecular formula is C11H12O3. The Morgan fingerprint density at radius 1 is 1.36 bits per heavy atom. The SMILES string of the molecule is Cc1ccc(/C=C/C(=O)O)c(C)c1O. The van der Waals surface area contributed by atoms with Crippen LogP contribution in [0, 0.1) is 13.8 Å². The fraction of sp³-hybridized carbons (Fsp3) is 0.182. The van der Waals surface area contributed by atoms with Crippen molar-refractivity contribution in [3.05, 3.63) is 34.9 Å². The molecule has 0 heterocycles. The van der Waals surface area contributed by atoms with Gasteiger partial charge < -0.3 is 10.2 Å². The average molecular weight is 192 g/mol. The van der Waals surface area contributed by atoms with Gasteiger partial charge in [-0.25, -0.2) is 4.79 Å². The summed E-state index contributed by atoms with van der Waals surface area (Å²) in [5.74, 6) is -0.776. The first-order valence-corrected chi connectivity index (χ1v) is 4.22. The number of aliphatic carboxylic acids is 1. The van der Waals surface area contributed by atoms with Crippen molar-refractivity contribution in [3.63, 3.8) is 0 Å². The van der Waals surface area contributed by atoms with E-state index in [1.807, 2.05) is 0 Å². The minimum atomic E-state index is -0.996. The minimum absolute atomic E-state index is 0.220. The summed E-state index contributed by atoms with van der Waals surface area (Å²) in [7, 11) is 0. The van der Waals surface area contributed by atoms with Crippen molar-refractivity contribution >= 4 is 12.0 Å². The van der Waals surface area contributed by atoms with Crippen LogP contribution in [0.15, 0.2) is 18.2 Å². The molecule has 0 saturated carbocycles. The van der Waals surface area contributed by atoms with Gasteiger partial charge in [0.15, 0.2) is 0 Å². The van der Waals surface area contributed by atoms with E-state index in [-0.39, 0.29) is 5.75 Å². The molecule has 0 spiro atoms. The van der Waals surface area contributed by atoms with Crippen molar-refractivity contribution in [2.24, 2.45) is 0 Å². The zero-order valence-electron chi connectivity index (χ0n) is 8.11. The molecule has 0 radical (unpaired) electrons. The number of carboxylic acids is 1. The van der Waals surface area contributed by atoms with E-state index in [9.17, 15) is 9.90 Å². The fourth-order valence-corrected chi connectivity index (χ4v) is 1.19. The average Bonchev–Trinajstić information content (AvgIpc) is 2.13. The molecule has 14 heavy (non-hydrogen) atoms. The largest absolute Gasteiger partial charge is 0.507 e. The van der Waals surface area contributed by atoms with Crippen molar-refractivity contribution in [2.45, 2.75) is 13.8 Å². The van der Waals surface area contributed by atoms with Crippen molar-refractivity contribution in [3.8, 4) is 5.75 Å². The van der Waals surface area contributed by atoms with Gasteiger partial charge in [0.1, 0.15) is 5.75 Å². The monoisotopic (exact) mass is 192 g/mol. The third-order valence-electron chi connectivity index (χ3n) is 2.08. The van der Waals surface area contributed by atoms with Crippen LogP contribution in [0.4, 0.5) is 0 Å². The first-order valence-electron chi connectivity index (χ1n) is 4.22. The van der Waals surface area contributed by atoms with Gasteiger partial charge in [0.05, 0.1) is 0 Å². The Bertz CT molecular complexity index is 392. The highest BCUT2D eigenvalue weighted by Crippen LogP contribution is 2.25. The van der Waals surface area contributed by atoms with Gasteiger partial charge in [0.2, 0.25) is 0 Å². The summed E-state index contributed by atoms with van der Waals surface area (Å²) in [6, 6.07) is 3.54. The van der Waals surface area contributed by atoms with Crippen LogP contribution in [0.25, 0.3) is 6.08 Å². The highest BCUT2D eigenvalue weighted by atomic mass is 16.4. The molecule has 0 bridgehead atoms. The molecule has 0 fully saturated rings. The molecule has 1 aromatic carbocycles. The smallest absolute Gasteiger partial charge is 0.328 e. The molecule has 0 unspecified atom stereocenters. The molecule has 0 amide bonds. The second kappa shape index (κ2) is 3.96. The van der Waals surface area contributed by atoms with Crippen molar-refractivity contribution in [1.29, 1.82) is 0 Å². The summed E-state index contributed by atoms with van der Waals surface area (Å²) < 4.78 is 0. The van der Waals surface area contributed by atoms with E-state index in [2.05, 4.69) is 0 Å². The maximum Gasteiger partial charge on any atom is 0.328 e. The quantitative estimate of drug-likeness (QED) is 0.705. The van der Waals surface area contributed by atoms with Crippen LogP contribution in [-0.4, -0.2) is 16.2 Å². The number of aromatic hydroxyl groups is 1. The van der Waals surface area contributed by atoms with E-state index in [4.69, 9.17) is 5.11 Å². The lowest BCUT2D eigenvalue weighted by atomic mass is 10.0. The number of benzene rings is 1. The van der Waals surface area contributed by atoms with E-state index in [0.29, 0.717) is 5.56 Å². The molecule has 0 aliphatic rings. The topological polar surface area (TPSA) is 57.5 Å². The summed E-state index contributed by atoms with van der Waals surface area (Å²) in [5, 5.41) is 18.0. The van der Waals surface area contributed by atoms with Crippen molar-refractivity contribution < 1.29 is 15.0 Å². The minimum Gasteiger partial charge on any atom is -0.507 e. The fourth-order valence-electron chi connectivity index (χ4n) is 1.19. The molecule has 3 nitrogen and oxygen atoms in total. The van der Waals surface area contributed by atoms with Gasteiger partial charge in [-0.1, -0.05) is 12.1 Å². The number of carbonyl (C=O) groups is 1. The number of carboxylic acid groups (broad SMARTS) is 1. The Labute approximate surface area is 82.3 Å². The number of hydrogen-bond donors (Lipinski definition) is 2. The first-order chi connectivity index (χ1) is 6.52. The molecule has 2 N–H and O–H groups in total. The third kappa shape index (κ3) is 2.13. The summed E-state index contributed by atoms with van der Waals surface area (Å²) in [4.78, 5) is 10.3. The van der Waals surface area contributed by atoms with E-state index in [1.54, 1.807) is 26.0 Å². The molecule has 0 saturated heterocycles. The van der Waals surface area contributed by atoms with E-state index < -0.39 is 5.97 Å². The lowest BCUT2D eigenvalue weighted by Gasteiger charge is -2.05. The zero-order valence-corrected chi connectivity index (χ0v) is 8.11. The zero-order chi connectivity index (χ0) is 10.7. The summed E-state index contributed by atoms with van der Waals surface area (Å²) in [5.41, 5.74) is 2.20. The number of rotatable bonds is 2. The normalized spacial score (nSPS) is 10.7. The van der Waals surface area contributed by atoms with Gasteiger partial charge in [-0.3, -0.25) is 0 Å². The van der Waals surface area contributed by atoms with Crippen LogP contribution in [0.1, 0.15) is 16.7 Å². The van der Waals surface area contributed by atoms with Gasteiger partial charge in [-0.2, -0.15) is 0 Å². The Kier molecular flexibility index (Phi) is 2.92. The second-order valence-corrected chi connectivity index (χ2v) is 3.12. The van der Waals surface area contributed by atoms with Gasteiger partial charge in [0, 0.05) is 6.08 Å². The molecule has 0 aliphatic heterocycles. The maximum atomic E-state index is 10.3. The van der Waals surface area contributed by atoms with Crippen LogP contribution in [0.2, 0.25) is 0 Å². The van der Waals surface area contributed by atoms with E-state index in [1.165, 1.54) is 6.08 Å². The molecule has 1 rings (SSSR count). The van der Waals surface area contributed by atoms with E-state index >= 15 is 0 Å².